The molecule has 0 saturated heterocycles. The number of carbonyl (C=O) groups excluding carboxylic acids is 1. The van der Waals surface area contributed by atoms with Crippen molar-refractivity contribution in [2.24, 2.45) is 5.73 Å². The van der Waals surface area contributed by atoms with Crippen molar-refractivity contribution in [2.75, 3.05) is 11.9 Å². The van der Waals surface area contributed by atoms with Crippen LogP contribution in [0.4, 0.5) is 5.88 Å². The molecule has 2 aromatic heterocycles. The summed E-state index contributed by atoms with van der Waals surface area (Å²) in [7, 11) is 0. The largest absolute Gasteiger partial charge is 0.338 e. The third-order valence-corrected chi connectivity index (χ3v) is 2.64. The lowest BCUT2D eigenvalue weighted by Crippen LogP contribution is -2.13. The fraction of sp³-hybridized carbons (Fsp3) is 0.364. The number of anilines is 1. The van der Waals surface area contributed by atoms with Crippen LogP contribution >= 0.6 is 0 Å². The van der Waals surface area contributed by atoms with Gasteiger partial charge in [0.1, 0.15) is 5.69 Å². The van der Waals surface area contributed by atoms with Gasteiger partial charge in [0.05, 0.1) is 12.0 Å². The highest BCUT2D eigenvalue weighted by atomic mass is 16.5. The highest BCUT2D eigenvalue weighted by molar-refractivity contribution is 6.02. The number of hydrogen-bond acceptors (Lipinski definition) is 5. The average Bonchev–Trinajstić information content (AvgIpc) is 2.92. The van der Waals surface area contributed by atoms with E-state index in [1.807, 2.05) is 13.8 Å². The summed E-state index contributed by atoms with van der Waals surface area (Å²) in [4.78, 5) is 15.9. The SMILES string of the molecule is Cc1noc(NC(=O)c2cn(CCN)cn2)c1C. The normalized spacial score (nSPS) is 10.6. The minimum absolute atomic E-state index is 0.317. The lowest BCUT2D eigenvalue weighted by atomic mass is 10.3. The standard InChI is InChI=1S/C11H15N5O2/c1-7-8(2)15-18-11(7)14-10(17)9-5-16(4-3-12)6-13-9/h5-6H,3-4,12H2,1-2H3,(H,14,17). The first-order valence-corrected chi connectivity index (χ1v) is 5.58. The van der Waals surface area contributed by atoms with Crippen LogP contribution in [0.15, 0.2) is 17.0 Å². The molecule has 0 saturated carbocycles. The third kappa shape index (κ3) is 2.40. The van der Waals surface area contributed by atoms with Gasteiger partial charge in [0, 0.05) is 24.8 Å². The Morgan fingerprint density at radius 3 is 2.94 bits per heavy atom. The summed E-state index contributed by atoms with van der Waals surface area (Å²) in [5, 5.41) is 6.39. The Balaban J connectivity index is 2.09. The number of carbonyl (C=O) groups is 1. The van der Waals surface area contributed by atoms with Crippen LogP contribution in [-0.2, 0) is 6.54 Å². The molecule has 0 radical (unpaired) electrons. The topological polar surface area (TPSA) is 99.0 Å². The van der Waals surface area contributed by atoms with Crippen molar-refractivity contribution in [1.82, 2.24) is 14.7 Å². The number of amides is 1. The van der Waals surface area contributed by atoms with Gasteiger partial charge in [0.15, 0.2) is 0 Å². The predicted molar refractivity (Wildman–Crippen MR) is 65.2 cm³/mol. The molecule has 0 aliphatic rings. The van der Waals surface area contributed by atoms with Gasteiger partial charge in [-0.15, -0.1) is 0 Å². The van der Waals surface area contributed by atoms with Gasteiger partial charge in [-0.05, 0) is 13.8 Å². The van der Waals surface area contributed by atoms with Gasteiger partial charge >= 0.3 is 0 Å². The van der Waals surface area contributed by atoms with Crippen molar-refractivity contribution in [1.29, 1.82) is 0 Å². The maximum atomic E-state index is 11.9. The van der Waals surface area contributed by atoms with Crippen LogP contribution in [0.2, 0.25) is 0 Å². The van der Waals surface area contributed by atoms with Crippen molar-refractivity contribution < 1.29 is 9.32 Å². The fourth-order valence-corrected chi connectivity index (χ4v) is 1.45. The molecule has 2 aromatic rings. The summed E-state index contributed by atoms with van der Waals surface area (Å²) >= 11 is 0. The molecule has 0 unspecified atom stereocenters. The molecule has 0 atom stereocenters. The third-order valence-electron chi connectivity index (χ3n) is 2.64. The van der Waals surface area contributed by atoms with Crippen molar-refractivity contribution in [2.45, 2.75) is 20.4 Å². The number of nitrogens with zero attached hydrogens (tertiary/aromatic N) is 3. The monoisotopic (exact) mass is 249 g/mol. The van der Waals surface area contributed by atoms with E-state index in [0.717, 1.165) is 11.3 Å². The Bertz CT molecular complexity index is 558. The van der Waals surface area contributed by atoms with Gasteiger partial charge < -0.3 is 14.8 Å². The van der Waals surface area contributed by atoms with Gasteiger partial charge in [0.25, 0.3) is 5.91 Å². The second-order valence-corrected chi connectivity index (χ2v) is 3.96. The molecule has 2 rings (SSSR count). The average molecular weight is 249 g/mol. The van der Waals surface area contributed by atoms with Crippen LogP contribution in [-0.4, -0.2) is 27.2 Å². The molecule has 0 aliphatic heterocycles. The Kier molecular flexibility index (Phi) is 3.42. The Morgan fingerprint density at radius 1 is 1.56 bits per heavy atom. The summed E-state index contributed by atoms with van der Waals surface area (Å²) < 4.78 is 6.76. The molecule has 3 N–H and O–H groups in total. The van der Waals surface area contributed by atoms with E-state index >= 15 is 0 Å². The lowest BCUT2D eigenvalue weighted by Gasteiger charge is -1.99. The van der Waals surface area contributed by atoms with Crippen LogP contribution in [0.25, 0.3) is 0 Å². The number of rotatable bonds is 4. The molecule has 2 heterocycles. The van der Waals surface area contributed by atoms with Crippen molar-refractivity contribution in [3.8, 4) is 0 Å². The van der Waals surface area contributed by atoms with Gasteiger partial charge in [0.2, 0.25) is 5.88 Å². The van der Waals surface area contributed by atoms with Crippen molar-refractivity contribution in [3.05, 3.63) is 29.5 Å². The number of nitrogens with one attached hydrogen (secondary N) is 1. The number of aromatic nitrogens is 3. The van der Waals surface area contributed by atoms with Gasteiger partial charge in [-0.25, -0.2) is 4.98 Å². The molecule has 96 valence electrons. The van der Waals surface area contributed by atoms with E-state index in [4.69, 9.17) is 10.3 Å². The van der Waals surface area contributed by atoms with Gasteiger partial charge in [-0.2, -0.15) is 0 Å². The minimum Gasteiger partial charge on any atom is -0.338 e. The second-order valence-electron chi connectivity index (χ2n) is 3.96. The zero-order valence-electron chi connectivity index (χ0n) is 10.3. The van der Waals surface area contributed by atoms with E-state index in [0.29, 0.717) is 24.7 Å². The summed E-state index contributed by atoms with van der Waals surface area (Å²) in [6, 6.07) is 0. The number of aryl methyl sites for hydroxylation is 1. The highest BCUT2D eigenvalue weighted by Gasteiger charge is 2.15. The summed E-state index contributed by atoms with van der Waals surface area (Å²) in [6.45, 7) is 4.76. The Hall–Kier alpha value is -2.15. The molecule has 7 nitrogen and oxygen atoms in total. The fourth-order valence-electron chi connectivity index (χ4n) is 1.45. The minimum atomic E-state index is -0.329. The Labute approximate surface area is 104 Å². The van der Waals surface area contributed by atoms with E-state index in [2.05, 4.69) is 15.5 Å². The smallest absolute Gasteiger partial charge is 0.278 e. The molecular weight excluding hydrogens is 234 g/mol. The highest BCUT2D eigenvalue weighted by Crippen LogP contribution is 2.17. The number of imidazole rings is 1. The number of hydrogen-bond donors (Lipinski definition) is 2. The maximum Gasteiger partial charge on any atom is 0.278 e. The molecular formula is C11H15N5O2. The van der Waals surface area contributed by atoms with Crippen LogP contribution in [0.1, 0.15) is 21.7 Å². The number of nitrogens with two attached hydrogens (primary N) is 1. The summed E-state index contributed by atoms with van der Waals surface area (Å²) in [5.74, 6) is 0.0240. The Morgan fingerprint density at radius 2 is 2.33 bits per heavy atom. The van der Waals surface area contributed by atoms with Crippen molar-refractivity contribution >= 4 is 11.8 Å². The van der Waals surface area contributed by atoms with Crippen LogP contribution in [0, 0.1) is 13.8 Å². The molecule has 0 spiro atoms. The predicted octanol–water partition coefficient (Wildman–Crippen LogP) is 0.699. The molecule has 0 aromatic carbocycles. The van der Waals surface area contributed by atoms with E-state index in [1.54, 1.807) is 17.1 Å². The van der Waals surface area contributed by atoms with E-state index < -0.39 is 0 Å². The van der Waals surface area contributed by atoms with E-state index in [-0.39, 0.29) is 5.91 Å². The first-order chi connectivity index (χ1) is 8.61. The van der Waals surface area contributed by atoms with Gasteiger partial charge in [-0.1, -0.05) is 5.16 Å². The molecule has 0 fully saturated rings. The zero-order chi connectivity index (χ0) is 13.1. The molecule has 7 heteroatoms. The maximum absolute atomic E-state index is 11.9. The lowest BCUT2D eigenvalue weighted by molar-refractivity contribution is 0.101. The van der Waals surface area contributed by atoms with Crippen LogP contribution < -0.4 is 11.1 Å². The molecule has 1 amide bonds. The molecule has 18 heavy (non-hydrogen) atoms. The zero-order valence-corrected chi connectivity index (χ0v) is 10.3. The van der Waals surface area contributed by atoms with Crippen LogP contribution in [0.3, 0.4) is 0 Å². The van der Waals surface area contributed by atoms with Crippen LogP contribution in [0.5, 0.6) is 0 Å². The summed E-state index contributed by atoms with van der Waals surface area (Å²) in [6.07, 6.45) is 3.21. The first kappa shape index (κ1) is 12.3. The quantitative estimate of drug-likeness (QED) is 0.830. The molecule has 0 bridgehead atoms. The van der Waals surface area contributed by atoms with Crippen molar-refractivity contribution in [3.63, 3.8) is 0 Å². The summed E-state index contributed by atoms with van der Waals surface area (Å²) in [5.41, 5.74) is 7.30. The second kappa shape index (κ2) is 5.01. The molecule has 0 aliphatic carbocycles. The van der Waals surface area contributed by atoms with E-state index in [1.165, 1.54) is 0 Å². The first-order valence-electron chi connectivity index (χ1n) is 5.58. The van der Waals surface area contributed by atoms with Gasteiger partial charge in [-0.3, -0.25) is 10.1 Å². The van der Waals surface area contributed by atoms with E-state index in [9.17, 15) is 4.79 Å².